The Hall–Kier alpha value is -0.940. The van der Waals surface area contributed by atoms with Crippen molar-refractivity contribution in [3.8, 4) is 0 Å². The van der Waals surface area contributed by atoms with E-state index in [-0.39, 0.29) is 18.0 Å². The Bertz CT molecular complexity index is 293. The molecule has 0 bridgehead atoms. The van der Waals surface area contributed by atoms with Crippen LogP contribution in [0.25, 0.3) is 0 Å². The Morgan fingerprint density at radius 2 is 2.31 bits per heavy atom. The number of amides is 1. The van der Waals surface area contributed by atoms with Gasteiger partial charge in [0.15, 0.2) is 0 Å². The van der Waals surface area contributed by atoms with Crippen LogP contribution in [-0.4, -0.2) is 48.4 Å². The fourth-order valence-corrected chi connectivity index (χ4v) is 2.58. The second-order valence-electron chi connectivity index (χ2n) is 4.52. The van der Waals surface area contributed by atoms with Gasteiger partial charge in [0.05, 0.1) is 13.2 Å². The van der Waals surface area contributed by atoms with Crippen LogP contribution in [0, 0.1) is 0 Å². The SMILES string of the molecule is NC(=O)C1COCCN1C1CCCC(=O)C1. The molecule has 2 unspecified atom stereocenters. The Kier molecular flexibility index (Phi) is 3.56. The molecule has 5 heteroatoms. The normalized spacial score (nSPS) is 32.6. The maximum atomic E-state index is 11.4. The number of hydrogen-bond acceptors (Lipinski definition) is 4. The van der Waals surface area contributed by atoms with Crippen molar-refractivity contribution >= 4 is 11.7 Å². The highest BCUT2D eigenvalue weighted by Crippen LogP contribution is 2.23. The lowest BCUT2D eigenvalue weighted by Gasteiger charge is -2.40. The molecule has 2 N–H and O–H groups in total. The fraction of sp³-hybridized carbons (Fsp3) is 0.818. The molecule has 1 aliphatic heterocycles. The highest BCUT2D eigenvalue weighted by atomic mass is 16.5. The third kappa shape index (κ3) is 2.41. The van der Waals surface area contributed by atoms with E-state index in [4.69, 9.17) is 10.5 Å². The summed E-state index contributed by atoms with van der Waals surface area (Å²) in [5, 5.41) is 0. The van der Waals surface area contributed by atoms with Crippen LogP contribution in [0.2, 0.25) is 0 Å². The van der Waals surface area contributed by atoms with E-state index in [2.05, 4.69) is 4.90 Å². The Labute approximate surface area is 94.9 Å². The quantitative estimate of drug-likeness (QED) is 0.700. The number of morpholine rings is 1. The van der Waals surface area contributed by atoms with Gasteiger partial charge in [0.2, 0.25) is 5.91 Å². The first-order chi connectivity index (χ1) is 7.68. The Balaban J connectivity index is 2.04. The number of hydrogen-bond donors (Lipinski definition) is 1. The largest absolute Gasteiger partial charge is 0.378 e. The summed E-state index contributed by atoms with van der Waals surface area (Å²) in [7, 11) is 0. The van der Waals surface area contributed by atoms with Crippen LogP contribution in [0.3, 0.4) is 0 Å². The minimum Gasteiger partial charge on any atom is -0.378 e. The first-order valence-electron chi connectivity index (χ1n) is 5.83. The first kappa shape index (κ1) is 11.5. The molecule has 1 heterocycles. The highest BCUT2D eigenvalue weighted by molar-refractivity contribution is 5.81. The van der Waals surface area contributed by atoms with Gasteiger partial charge >= 0.3 is 0 Å². The monoisotopic (exact) mass is 226 g/mol. The van der Waals surface area contributed by atoms with E-state index in [0.29, 0.717) is 38.4 Å². The van der Waals surface area contributed by atoms with E-state index in [1.165, 1.54) is 0 Å². The third-order valence-electron chi connectivity index (χ3n) is 3.42. The summed E-state index contributed by atoms with van der Waals surface area (Å²) in [6, 6.07) is -0.174. The fourth-order valence-electron chi connectivity index (χ4n) is 2.58. The van der Waals surface area contributed by atoms with Crippen LogP contribution >= 0.6 is 0 Å². The van der Waals surface area contributed by atoms with E-state index in [9.17, 15) is 9.59 Å². The lowest BCUT2D eigenvalue weighted by Crippen LogP contribution is -2.57. The molecule has 0 aromatic carbocycles. The van der Waals surface area contributed by atoms with Crippen molar-refractivity contribution in [1.29, 1.82) is 0 Å². The van der Waals surface area contributed by atoms with Gasteiger partial charge in [-0.25, -0.2) is 0 Å². The first-order valence-corrected chi connectivity index (χ1v) is 5.83. The van der Waals surface area contributed by atoms with Crippen molar-refractivity contribution < 1.29 is 14.3 Å². The maximum absolute atomic E-state index is 11.4. The smallest absolute Gasteiger partial charge is 0.237 e. The van der Waals surface area contributed by atoms with Crippen molar-refractivity contribution in [2.45, 2.75) is 37.8 Å². The summed E-state index contributed by atoms with van der Waals surface area (Å²) in [6.07, 6.45) is 3.15. The Morgan fingerprint density at radius 1 is 1.50 bits per heavy atom. The number of carbonyl (C=O) groups is 2. The second-order valence-corrected chi connectivity index (χ2v) is 4.52. The van der Waals surface area contributed by atoms with E-state index in [0.717, 1.165) is 12.8 Å². The van der Waals surface area contributed by atoms with E-state index < -0.39 is 0 Å². The molecule has 1 aliphatic carbocycles. The van der Waals surface area contributed by atoms with Gasteiger partial charge in [-0.05, 0) is 12.8 Å². The zero-order chi connectivity index (χ0) is 11.5. The average Bonchev–Trinajstić information content (AvgIpc) is 2.29. The standard InChI is InChI=1S/C11H18N2O3/c12-11(15)10-7-16-5-4-13(10)8-2-1-3-9(14)6-8/h8,10H,1-7H2,(H2,12,15). The number of nitrogens with two attached hydrogens (primary N) is 1. The van der Waals surface area contributed by atoms with Crippen LogP contribution in [0.1, 0.15) is 25.7 Å². The molecule has 16 heavy (non-hydrogen) atoms. The van der Waals surface area contributed by atoms with Gasteiger partial charge in [-0.3, -0.25) is 14.5 Å². The minimum atomic E-state index is -0.357. The van der Waals surface area contributed by atoms with Gasteiger partial charge in [0, 0.05) is 25.4 Å². The molecule has 0 radical (unpaired) electrons. The minimum absolute atomic E-state index is 0.183. The predicted molar refractivity (Wildman–Crippen MR) is 57.8 cm³/mol. The van der Waals surface area contributed by atoms with E-state index >= 15 is 0 Å². The lowest BCUT2D eigenvalue weighted by atomic mass is 9.92. The van der Waals surface area contributed by atoms with Crippen molar-refractivity contribution in [2.75, 3.05) is 19.8 Å². The summed E-state index contributed by atoms with van der Waals surface area (Å²) in [5.74, 6) is -0.0521. The zero-order valence-corrected chi connectivity index (χ0v) is 9.35. The molecule has 0 spiro atoms. The molecular formula is C11H18N2O3. The number of rotatable bonds is 2. The molecule has 1 saturated heterocycles. The molecule has 1 saturated carbocycles. The van der Waals surface area contributed by atoms with Crippen molar-refractivity contribution in [3.05, 3.63) is 0 Å². The van der Waals surface area contributed by atoms with Gasteiger partial charge in [0.1, 0.15) is 11.8 Å². The molecule has 0 aromatic rings. The summed E-state index contributed by atoms with van der Waals surface area (Å²) in [5.41, 5.74) is 5.35. The van der Waals surface area contributed by atoms with Gasteiger partial charge in [0.25, 0.3) is 0 Å². The number of Topliss-reactive ketones (excluding diaryl/α,β-unsaturated/α-hetero) is 1. The number of carbonyl (C=O) groups excluding carboxylic acids is 2. The second kappa shape index (κ2) is 4.93. The lowest BCUT2D eigenvalue weighted by molar-refractivity contribution is -0.135. The van der Waals surface area contributed by atoms with Crippen molar-refractivity contribution in [1.82, 2.24) is 4.90 Å². The van der Waals surface area contributed by atoms with Crippen LogP contribution in [0.15, 0.2) is 0 Å². The van der Waals surface area contributed by atoms with Gasteiger partial charge in [-0.2, -0.15) is 0 Å². The molecule has 2 atom stereocenters. The summed E-state index contributed by atoms with van der Waals surface area (Å²) < 4.78 is 5.26. The highest BCUT2D eigenvalue weighted by Gasteiger charge is 2.34. The van der Waals surface area contributed by atoms with E-state index in [1.807, 2.05) is 0 Å². The van der Waals surface area contributed by atoms with Crippen molar-refractivity contribution in [3.63, 3.8) is 0 Å². The summed E-state index contributed by atoms with van der Waals surface area (Å²) >= 11 is 0. The van der Waals surface area contributed by atoms with Crippen LogP contribution in [0.5, 0.6) is 0 Å². The molecular weight excluding hydrogens is 208 g/mol. The predicted octanol–water partition coefficient (Wildman–Crippen LogP) is -0.316. The third-order valence-corrected chi connectivity index (χ3v) is 3.42. The van der Waals surface area contributed by atoms with Crippen LogP contribution in [-0.2, 0) is 14.3 Å². The van der Waals surface area contributed by atoms with Crippen molar-refractivity contribution in [2.24, 2.45) is 5.73 Å². The topological polar surface area (TPSA) is 72.6 Å². The number of ether oxygens (including phenoxy) is 1. The number of primary amides is 1. The number of nitrogens with zero attached hydrogens (tertiary/aromatic N) is 1. The zero-order valence-electron chi connectivity index (χ0n) is 9.35. The van der Waals surface area contributed by atoms with Gasteiger partial charge < -0.3 is 10.5 Å². The molecule has 2 fully saturated rings. The molecule has 90 valence electrons. The average molecular weight is 226 g/mol. The molecule has 2 aliphatic rings. The van der Waals surface area contributed by atoms with Gasteiger partial charge in [-0.1, -0.05) is 0 Å². The van der Waals surface area contributed by atoms with E-state index in [1.54, 1.807) is 0 Å². The number of ketones is 1. The van der Waals surface area contributed by atoms with Gasteiger partial charge in [-0.15, -0.1) is 0 Å². The Morgan fingerprint density at radius 3 is 3.00 bits per heavy atom. The summed E-state index contributed by atoms with van der Waals surface area (Å²) in [4.78, 5) is 24.8. The van der Waals surface area contributed by atoms with Crippen LogP contribution in [0.4, 0.5) is 0 Å². The molecule has 1 amide bonds. The molecule has 2 rings (SSSR count). The summed E-state index contributed by atoms with van der Waals surface area (Å²) in [6.45, 7) is 1.68. The maximum Gasteiger partial charge on any atom is 0.237 e. The molecule has 0 aromatic heterocycles. The van der Waals surface area contributed by atoms with Crippen LogP contribution < -0.4 is 5.73 Å². The molecule has 5 nitrogen and oxygen atoms in total.